The Balaban J connectivity index is 2.04. The predicted octanol–water partition coefficient (Wildman–Crippen LogP) is 4.69. The quantitative estimate of drug-likeness (QED) is 0.490. The minimum atomic E-state index is -2.98. The van der Waals surface area contributed by atoms with Crippen LogP contribution < -0.4 is 14.7 Å². The van der Waals surface area contributed by atoms with E-state index in [1.807, 2.05) is 24.3 Å². The molecular formula is C23H38N3O2P. The van der Waals surface area contributed by atoms with Crippen LogP contribution in [-0.2, 0) is 0 Å². The van der Waals surface area contributed by atoms with Gasteiger partial charge < -0.3 is 9.63 Å². The summed E-state index contributed by atoms with van der Waals surface area (Å²) >= 11 is 0. The average Bonchev–Trinajstić information content (AvgIpc) is 2.95. The van der Waals surface area contributed by atoms with Crippen LogP contribution in [0.5, 0.6) is 5.75 Å². The smallest absolute Gasteiger partial charge is 0.184 e. The van der Waals surface area contributed by atoms with Gasteiger partial charge in [0, 0.05) is 17.6 Å². The van der Waals surface area contributed by atoms with Gasteiger partial charge in [-0.05, 0) is 53.0 Å². The van der Waals surface area contributed by atoms with Crippen LogP contribution >= 0.6 is 7.94 Å². The number of nitrogens with zero attached hydrogens (tertiary/aromatic N) is 2. The van der Waals surface area contributed by atoms with Crippen molar-refractivity contribution in [2.45, 2.75) is 90.0 Å². The molecular weight excluding hydrogens is 381 g/mol. The number of para-hydroxylation sites is 1. The lowest BCUT2D eigenvalue weighted by molar-refractivity contribution is -0.198. The summed E-state index contributed by atoms with van der Waals surface area (Å²) in [5.41, 5.74) is 1.03. The van der Waals surface area contributed by atoms with Gasteiger partial charge in [-0.1, -0.05) is 37.1 Å². The van der Waals surface area contributed by atoms with E-state index in [9.17, 15) is 4.89 Å². The Kier molecular flexibility index (Phi) is 7.40. The summed E-state index contributed by atoms with van der Waals surface area (Å²) in [6.07, 6.45) is 7.28. The Morgan fingerprint density at radius 3 is 2.17 bits per heavy atom. The summed E-state index contributed by atoms with van der Waals surface area (Å²) in [5.74, 6) is 0.822. The van der Waals surface area contributed by atoms with Crippen LogP contribution in [0.25, 0.3) is 0 Å². The van der Waals surface area contributed by atoms with Crippen molar-refractivity contribution in [1.82, 2.24) is 14.4 Å². The third-order valence-electron chi connectivity index (χ3n) is 6.30. The molecule has 1 saturated heterocycles. The molecule has 0 unspecified atom stereocenters. The van der Waals surface area contributed by atoms with E-state index in [1.165, 1.54) is 12.8 Å². The fourth-order valence-electron chi connectivity index (χ4n) is 5.33. The van der Waals surface area contributed by atoms with Gasteiger partial charge in [0.1, 0.15) is 5.75 Å². The van der Waals surface area contributed by atoms with E-state index in [1.54, 1.807) is 7.11 Å². The summed E-state index contributed by atoms with van der Waals surface area (Å²) in [5, 5.41) is 3.66. The molecule has 3 atom stereocenters. The lowest BCUT2D eigenvalue weighted by Gasteiger charge is -2.45. The number of hydrogen-bond donors (Lipinski definition) is 1. The highest BCUT2D eigenvalue weighted by Gasteiger charge is 2.61. The molecule has 0 aromatic heterocycles. The predicted molar refractivity (Wildman–Crippen MR) is 121 cm³/mol. The Morgan fingerprint density at radius 2 is 1.69 bits per heavy atom. The van der Waals surface area contributed by atoms with Gasteiger partial charge >= 0.3 is 0 Å². The molecule has 0 amide bonds. The standard InChI is InChI=1S/C23H38N3O2P/c1-7-12-20(19-13-8-11-16-23(19)28-6)24-29(27)25(17(2)3)21-14-9-10-15-22(21)26(29)18(4)5/h7-8,11,13,16-18,20-22H,1,9-10,12,14-15H2,2-6H3,(H,24,27)/t20-,21-,22-/m1/s1. The van der Waals surface area contributed by atoms with E-state index >= 15 is 0 Å². The van der Waals surface area contributed by atoms with Gasteiger partial charge in [-0.15, -0.1) is 15.9 Å². The lowest BCUT2D eigenvalue weighted by Crippen LogP contribution is -2.48. The molecule has 29 heavy (non-hydrogen) atoms. The van der Waals surface area contributed by atoms with Crippen LogP contribution in [0.2, 0.25) is 0 Å². The molecule has 162 valence electrons. The fourth-order valence-corrected chi connectivity index (χ4v) is 9.08. The maximum Gasteiger partial charge on any atom is 0.184 e. The third-order valence-corrected chi connectivity index (χ3v) is 9.72. The summed E-state index contributed by atoms with van der Waals surface area (Å²) in [4.78, 5) is 14.8. The second kappa shape index (κ2) is 9.45. The molecule has 1 aromatic rings. The number of hydrogen-bond acceptors (Lipinski definition) is 5. The van der Waals surface area contributed by atoms with Crippen LogP contribution in [0.3, 0.4) is 0 Å². The highest BCUT2D eigenvalue weighted by molar-refractivity contribution is 7.62. The summed E-state index contributed by atoms with van der Waals surface area (Å²) in [6, 6.07) is 9.04. The number of nitrogens with one attached hydrogen (secondary N) is 1. The number of methoxy groups -OCH3 is 1. The SMILES string of the molecule is C=CC[C@@H](N[P+]1([O-])N(C(C)C)[C@@H]2CCCC[C@H]2N1C(C)C)c1ccccc1OC. The van der Waals surface area contributed by atoms with Gasteiger partial charge in [-0.2, -0.15) is 5.09 Å². The topological polar surface area (TPSA) is 50.8 Å². The van der Waals surface area contributed by atoms with Gasteiger partial charge in [-0.25, -0.2) is 0 Å². The molecule has 0 spiro atoms. The molecule has 0 radical (unpaired) electrons. The second-order valence-electron chi connectivity index (χ2n) is 8.86. The van der Waals surface area contributed by atoms with E-state index in [0.717, 1.165) is 24.2 Å². The summed E-state index contributed by atoms with van der Waals surface area (Å²) < 4.78 is 10.2. The zero-order valence-electron chi connectivity index (χ0n) is 18.7. The second-order valence-corrected chi connectivity index (χ2v) is 11.1. The molecule has 2 aliphatic rings. The summed E-state index contributed by atoms with van der Waals surface area (Å²) in [7, 11) is -1.28. The van der Waals surface area contributed by atoms with Crippen molar-refractivity contribution in [3.8, 4) is 5.75 Å². The first-order chi connectivity index (χ1) is 13.8. The molecule has 1 N–H and O–H groups in total. The summed E-state index contributed by atoms with van der Waals surface area (Å²) in [6.45, 7) is 12.7. The molecule has 1 aliphatic heterocycles. The molecule has 5 nitrogen and oxygen atoms in total. The minimum Gasteiger partial charge on any atom is -0.636 e. The number of rotatable bonds is 8. The van der Waals surface area contributed by atoms with Crippen LogP contribution in [-0.4, -0.2) is 40.6 Å². The van der Waals surface area contributed by atoms with Crippen molar-refractivity contribution >= 4 is 7.94 Å². The van der Waals surface area contributed by atoms with Crippen molar-refractivity contribution in [3.05, 3.63) is 42.5 Å². The van der Waals surface area contributed by atoms with Crippen LogP contribution in [0.4, 0.5) is 0 Å². The lowest BCUT2D eigenvalue weighted by atomic mass is 9.89. The number of fused-ring (bicyclic) bond motifs is 1. The fraction of sp³-hybridized carbons (Fsp3) is 0.652. The minimum absolute atomic E-state index is 0.114. The van der Waals surface area contributed by atoms with Crippen LogP contribution in [0, 0.1) is 0 Å². The Morgan fingerprint density at radius 1 is 1.14 bits per heavy atom. The van der Waals surface area contributed by atoms with Crippen LogP contribution in [0.1, 0.15) is 71.4 Å². The van der Waals surface area contributed by atoms with Crippen molar-refractivity contribution in [2.24, 2.45) is 0 Å². The Bertz CT molecular complexity index is 672. The van der Waals surface area contributed by atoms with E-state index in [0.29, 0.717) is 18.5 Å². The zero-order chi connectivity index (χ0) is 21.2. The number of benzene rings is 1. The van der Waals surface area contributed by atoms with Gasteiger partial charge in [-0.3, -0.25) is 0 Å². The molecule has 1 saturated carbocycles. The maximum atomic E-state index is 14.8. The van der Waals surface area contributed by atoms with E-state index in [-0.39, 0.29) is 18.1 Å². The molecule has 1 aromatic carbocycles. The van der Waals surface area contributed by atoms with Gasteiger partial charge in [0.05, 0.1) is 25.2 Å². The van der Waals surface area contributed by atoms with E-state index in [4.69, 9.17) is 4.74 Å². The molecule has 6 heteroatoms. The van der Waals surface area contributed by atoms with Crippen molar-refractivity contribution < 1.29 is 9.63 Å². The zero-order valence-corrected chi connectivity index (χ0v) is 19.6. The highest BCUT2D eigenvalue weighted by atomic mass is 31.2. The molecule has 1 heterocycles. The molecule has 2 fully saturated rings. The first-order valence-electron chi connectivity index (χ1n) is 11.0. The normalized spacial score (nSPS) is 25.9. The first kappa shape index (κ1) is 22.7. The number of ether oxygens (including phenoxy) is 1. The average molecular weight is 420 g/mol. The highest BCUT2D eigenvalue weighted by Crippen LogP contribution is 2.66. The largest absolute Gasteiger partial charge is 0.636 e. The first-order valence-corrected chi connectivity index (χ1v) is 12.7. The van der Waals surface area contributed by atoms with Crippen molar-refractivity contribution in [1.29, 1.82) is 0 Å². The molecule has 1 aliphatic carbocycles. The van der Waals surface area contributed by atoms with Crippen molar-refractivity contribution in [2.75, 3.05) is 7.11 Å². The van der Waals surface area contributed by atoms with Crippen LogP contribution in [0.15, 0.2) is 36.9 Å². The maximum absolute atomic E-state index is 14.8. The molecule has 0 bridgehead atoms. The van der Waals surface area contributed by atoms with Crippen molar-refractivity contribution in [3.63, 3.8) is 0 Å². The third kappa shape index (κ3) is 4.26. The van der Waals surface area contributed by atoms with E-state index in [2.05, 4.69) is 54.8 Å². The molecule has 3 rings (SSSR count). The Labute approximate surface area is 177 Å². The Hall–Kier alpha value is -0.970. The van der Waals surface area contributed by atoms with Gasteiger partial charge in [0.2, 0.25) is 0 Å². The monoisotopic (exact) mass is 419 g/mol. The van der Waals surface area contributed by atoms with Gasteiger partial charge in [0.25, 0.3) is 0 Å². The van der Waals surface area contributed by atoms with E-state index < -0.39 is 7.94 Å². The van der Waals surface area contributed by atoms with Gasteiger partial charge in [0.15, 0.2) is 7.94 Å².